The molecule has 1 fully saturated rings. The topological polar surface area (TPSA) is 52.9 Å². The summed E-state index contributed by atoms with van der Waals surface area (Å²) < 4.78 is 0. The van der Waals surface area contributed by atoms with E-state index in [9.17, 15) is 4.79 Å². The smallest absolute Gasteiger partial charge is 0.240 e. The first-order valence-electron chi connectivity index (χ1n) is 6.25. The van der Waals surface area contributed by atoms with Crippen molar-refractivity contribution in [2.75, 3.05) is 0 Å². The fourth-order valence-electron chi connectivity index (χ4n) is 2.06. The van der Waals surface area contributed by atoms with Crippen molar-refractivity contribution in [1.29, 1.82) is 5.26 Å². The van der Waals surface area contributed by atoms with Gasteiger partial charge in [-0.05, 0) is 55.9 Å². The number of hydrogen-bond donors (Lipinski definition) is 1. The summed E-state index contributed by atoms with van der Waals surface area (Å²) in [7, 11) is 0. The molecule has 3 nitrogen and oxygen atoms in total. The molecule has 3 heteroatoms. The van der Waals surface area contributed by atoms with Crippen LogP contribution < -0.4 is 5.32 Å². The van der Waals surface area contributed by atoms with Crippen LogP contribution >= 0.6 is 0 Å². The molecule has 0 bridgehead atoms. The molecule has 0 atom stereocenters. The summed E-state index contributed by atoms with van der Waals surface area (Å²) in [6.07, 6.45) is 1.39. The molecule has 0 aromatic heterocycles. The zero-order valence-electron chi connectivity index (χ0n) is 11.1. The van der Waals surface area contributed by atoms with Gasteiger partial charge in [0.1, 0.15) is 5.41 Å². The van der Waals surface area contributed by atoms with E-state index in [2.05, 4.69) is 38.2 Å². The number of nitrogens with one attached hydrogen (secondary N) is 1. The number of carbonyl (C=O) groups excluding carboxylic acids is 1. The van der Waals surface area contributed by atoms with E-state index >= 15 is 0 Å². The number of nitriles is 1. The van der Waals surface area contributed by atoms with E-state index in [1.165, 1.54) is 16.7 Å². The molecule has 2 rings (SSSR count). The van der Waals surface area contributed by atoms with Gasteiger partial charge in [-0.25, -0.2) is 0 Å². The van der Waals surface area contributed by atoms with E-state index in [1.807, 2.05) is 6.07 Å². The molecule has 1 aliphatic rings. The lowest BCUT2D eigenvalue weighted by molar-refractivity contribution is -0.124. The minimum atomic E-state index is -0.729. The Labute approximate surface area is 108 Å². The number of hydrogen-bond acceptors (Lipinski definition) is 2. The van der Waals surface area contributed by atoms with Crippen molar-refractivity contribution in [3.05, 3.63) is 34.4 Å². The van der Waals surface area contributed by atoms with Gasteiger partial charge in [-0.2, -0.15) is 5.26 Å². The SMILES string of the molecule is Cc1ccc(CNC(=O)C2(C#N)CC2)c(C)c1C. The van der Waals surface area contributed by atoms with Gasteiger partial charge in [-0.15, -0.1) is 0 Å². The second-order valence-corrected chi connectivity index (χ2v) is 5.17. The van der Waals surface area contributed by atoms with E-state index < -0.39 is 5.41 Å². The van der Waals surface area contributed by atoms with Crippen molar-refractivity contribution >= 4 is 5.91 Å². The minimum absolute atomic E-state index is 0.123. The molecule has 1 aromatic carbocycles. The molecular formula is C15H18N2O. The lowest BCUT2D eigenvalue weighted by Crippen LogP contribution is -2.30. The summed E-state index contributed by atoms with van der Waals surface area (Å²) >= 11 is 0. The van der Waals surface area contributed by atoms with Crippen molar-refractivity contribution in [2.24, 2.45) is 5.41 Å². The van der Waals surface area contributed by atoms with Crippen LogP contribution in [0.15, 0.2) is 12.1 Å². The number of benzene rings is 1. The maximum absolute atomic E-state index is 11.9. The largest absolute Gasteiger partial charge is 0.351 e. The van der Waals surface area contributed by atoms with Gasteiger partial charge >= 0.3 is 0 Å². The van der Waals surface area contributed by atoms with Gasteiger partial charge in [0.15, 0.2) is 0 Å². The summed E-state index contributed by atoms with van der Waals surface area (Å²) in [5, 5.41) is 11.8. The van der Waals surface area contributed by atoms with Crippen LogP contribution in [0.3, 0.4) is 0 Å². The summed E-state index contributed by atoms with van der Waals surface area (Å²) in [6.45, 7) is 6.75. The lowest BCUT2D eigenvalue weighted by atomic mass is 9.98. The first-order chi connectivity index (χ1) is 8.50. The van der Waals surface area contributed by atoms with Gasteiger partial charge < -0.3 is 5.32 Å². The van der Waals surface area contributed by atoms with Crippen LogP contribution in [0.1, 0.15) is 35.1 Å². The number of aryl methyl sites for hydroxylation is 1. The predicted octanol–water partition coefficient (Wildman–Crippen LogP) is 2.53. The van der Waals surface area contributed by atoms with E-state index in [4.69, 9.17) is 5.26 Å². The molecule has 0 saturated heterocycles. The minimum Gasteiger partial charge on any atom is -0.351 e. The molecule has 1 N–H and O–H groups in total. The molecule has 0 aliphatic heterocycles. The van der Waals surface area contributed by atoms with Gasteiger partial charge in [0, 0.05) is 6.54 Å². The molecule has 1 aromatic rings. The van der Waals surface area contributed by atoms with Crippen LogP contribution in [0.4, 0.5) is 0 Å². The maximum Gasteiger partial charge on any atom is 0.240 e. The summed E-state index contributed by atoms with van der Waals surface area (Å²) in [4.78, 5) is 11.9. The standard InChI is InChI=1S/C15H18N2O/c1-10-4-5-13(12(3)11(10)2)8-17-14(18)15(9-16)6-7-15/h4-5H,6-8H2,1-3H3,(H,17,18). The molecule has 0 heterocycles. The van der Waals surface area contributed by atoms with Crippen molar-refractivity contribution in [1.82, 2.24) is 5.32 Å². The molecule has 0 radical (unpaired) electrons. The Morgan fingerprint density at radius 2 is 2.00 bits per heavy atom. The highest BCUT2D eigenvalue weighted by molar-refractivity contribution is 5.88. The Hall–Kier alpha value is -1.82. The molecule has 1 saturated carbocycles. The van der Waals surface area contributed by atoms with E-state index in [0.29, 0.717) is 19.4 Å². The normalized spacial score (nSPS) is 15.9. The molecule has 1 aliphatic carbocycles. The van der Waals surface area contributed by atoms with Crippen LogP contribution in [0, 0.1) is 37.5 Å². The Kier molecular flexibility index (Phi) is 3.13. The zero-order valence-corrected chi connectivity index (χ0v) is 11.1. The monoisotopic (exact) mass is 242 g/mol. The number of nitrogens with zero attached hydrogens (tertiary/aromatic N) is 1. The average Bonchev–Trinajstić information content (AvgIpc) is 3.16. The molecule has 18 heavy (non-hydrogen) atoms. The number of carbonyl (C=O) groups is 1. The second-order valence-electron chi connectivity index (χ2n) is 5.17. The first kappa shape index (κ1) is 12.6. The molecule has 0 unspecified atom stereocenters. The van der Waals surface area contributed by atoms with E-state index in [1.54, 1.807) is 0 Å². The predicted molar refractivity (Wildman–Crippen MR) is 69.8 cm³/mol. The summed E-state index contributed by atoms with van der Waals surface area (Å²) in [5.74, 6) is -0.123. The highest BCUT2D eigenvalue weighted by atomic mass is 16.2. The Balaban J connectivity index is 2.06. The number of rotatable bonds is 3. The van der Waals surface area contributed by atoms with Crippen LogP contribution in [-0.4, -0.2) is 5.91 Å². The Morgan fingerprint density at radius 3 is 2.56 bits per heavy atom. The van der Waals surface area contributed by atoms with Crippen molar-refractivity contribution < 1.29 is 4.79 Å². The lowest BCUT2D eigenvalue weighted by Gasteiger charge is -2.13. The van der Waals surface area contributed by atoms with E-state index in [-0.39, 0.29) is 5.91 Å². The third kappa shape index (κ3) is 2.11. The first-order valence-corrected chi connectivity index (χ1v) is 6.25. The Morgan fingerprint density at radius 1 is 1.33 bits per heavy atom. The highest BCUT2D eigenvalue weighted by Gasteiger charge is 2.50. The van der Waals surface area contributed by atoms with Gasteiger partial charge in [0.05, 0.1) is 6.07 Å². The molecular weight excluding hydrogens is 224 g/mol. The fraction of sp³-hybridized carbons (Fsp3) is 0.467. The van der Waals surface area contributed by atoms with Gasteiger partial charge in [-0.1, -0.05) is 12.1 Å². The van der Waals surface area contributed by atoms with Crippen LogP contribution in [0.5, 0.6) is 0 Å². The van der Waals surface area contributed by atoms with Gasteiger partial charge in [0.25, 0.3) is 0 Å². The number of amides is 1. The van der Waals surface area contributed by atoms with Crippen LogP contribution in [0.2, 0.25) is 0 Å². The Bertz CT molecular complexity index is 536. The quantitative estimate of drug-likeness (QED) is 0.885. The van der Waals surface area contributed by atoms with E-state index in [0.717, 1.165) is 5.56 Å². The zero-order chi connectivity index (χ0) is 13.3. The van der Waals surface area contributed by atoms with Crippen molar-refractivity contribution in [3.8, 4) is 6.07 Å². The highest BCUT2D eigenvalue weighted by Crippen LogP contribution is 2.45. The van der Waals surface area contributed by atoms with Gasteiger partial charge in [0.2, 0.25) is 5.91 Å². The summed E-state index contributed by atoms with van der Waals surface area (Å²) in [6, 6.07) is 6.23. The van der Waals surface area contributed by atoms with Crippen molar-refractivity contribution in [3.63, 3.8) is 0 Å². The maximum atomic E-state index is 11.9. The average molecular weight is 242 g/mol. The summed E-state index contributed by atoms with van der Waals surface area (Å²) in [5.41, 5.74) is 4.15. The van der Waals surface area contributed by atoms with Crippen LogP contribution in [-0.2, 0) is 11.3 Å². The third-order valence-electron chi connectivity index (χ3n) is 4.01. The molecule has 0 spiro atoms. The van der Waals surface area contributed by atoms with Crippen LogP contribution in [0.25, 0.3) is 0 Å². The molecule has 1 amide bonds. The fourth-order valence-corrected chi connectivity index (χ4v) is 2.06. The third-order valence-corrected chi connectivity index (χ3v) is 4.01. The van der Waals surface area contributed by atoms with Crippen molar-refractivity contribution in [2.45, 2.75) is 40.2 Å². The molecule has 94 valence electrons. The van der Waals surface area contributed by atoms with Gasteiger partial charge in [-0.3, -0.25) is 4.79 Å². The second kappa shape index (κ2) is 4.45.